The SMILES string of the molecule is Cn1c(=O)c(C(=O)NCc2ccc(C#N)cc2)cc2nc(Cl)cc(OCC3(SC4CC4)CC3)c21. The number of ether oxygens (including phenoxy) is 1. The Morgan fingerprint density at radius 2 is 2.06 bits per heavy atom. The van der Waals surface area contributed by atoms with Crippen LogP contribution < -0.4 is 15.6 Å². The summed E-state index contributed by atoms with van der Waals surface area (Å²) < 4.78 is 7.75. The van der Waals surface area contributed by atoms with Crippen LogP contribution in [-0.4, -0.2) is 32.1 Å². The van der Waals surface area contributed by atoms with Gasteiger partial charge < -0.3 is 14.6 Å². The van der Waals surface area contributed by atoms with Crippen molar-refractivity contribution in [3.05, 3.63) is 68.6 Å². The van der Waals surface area contributed by atoms with Crippen molar-refractivity contribution >= 4 is 40.3 Å². The first kappa shape index (κ1) is 22.8. The van der Waals surface area contributed by atoms with Crippen LogP contribution >= 0.6 is 23.4 Å². The Bertz CT molecular complexity index is 1370. The highest BCUT2D eigenvalue weighted by molar-refractivity contribution is 8.01. The molecule has 2 heterocycles. The third-order valence-corrected chi connectivity index (χ3v) is 8.15. The Morgan fingerprint density at radius 1 is 1.32 bits per heavy atom. The minimum Gasteiger partial charge on any atom is -0.490 e. The van der Waals surface area contributed by atoms with Gasteiger partial charge in [0.05, 0.1) is 21.9 Å². The van der Waals surface area contributed by atoms with Gasteiger partial charge in [-0.15, -0.1) is 11.8 Å². The third-order valence-electron chi connectivity index (χ3n) is 6.13. The van der Waals surface area contributed by atoms with Gasteiger partial charge in [-0.1, -0.05) is 23.7 Å². The number of amides is 1. The molecule has 34 heavy (non-hydrogen) atoms. The van der Waals surface area contributed by atoms with Crippen molar-refractivity contribution in [3.8, 4) is 11.8 Å². The van der Waals surface area contributed by atoms with Crippen molar-refractivity contribution in [2.75, 3.05) is 6.61 Å². The number of carbonyl (C=O) groups is 1. The lowest BCUT2D eigenvalue weighted by Crippen LogP contribution is -2.32. The van der Waals surface area contributed by atoms with Gasteiger partial charge in [-0.25, -0.2) is 4.98 Å². The molecule has 2 saturated carbocycles. The first-order valence-electron chi connectivity index (χ1n) is 11.2. The monoisotopic (exact) mass is 494 g/mol. The molecule has 2 aliphatic carbocycles. The summed E-state index contributed by atoms with van der Waals surface area (Å²) >= 11 is 8.28. The number of benzene rings is 1. The standard InChI is InChI=1S/C25H23ClN4O3S/c1-30-22-19(29-21(26)11-20(22)33-14-25(8-9-25)34-17-6-7-17)10-18(24(30)32)23(31)28-13-16-4-2-15(12-27)3-5-16/h2-5,10-11,17H,6-9,13-14H2,1H3,(H,28,31). The van der Waals surface area contributed by atoms with E-state index in [0.29, 0.717) is 29.0 Å². The molecular weight excluding hydrogens is 472 g/mol. The molecule has 9 heteroatoms. The van der Waals surface area contributed by atoms with E-state index in [1.807, 2.05) is 11.8 Å². The number of nitrogens with zero attached hydrogens (tertiary/aromatic N) is 3. The van der Waals surface area contributed by atoms with E-state index < -0.39 is 11.5 Å². The predicted octanol–water partition coefficient (Wildman–Crippen LogP) is 4.20. The topological polar surface area (TPSA) is 97.0 Å². The molecule has 0 spiro atoms. The van der Waals surface area contributed by atoms with Gasteiger partial charge in [-0.2, -0.15) is 5.26 Å². The van der Waals surface area contributed by atoms with E-state index in [9.17, 15) is 9.59 Å². The molecule has 174 valence electrons. The molecule has 2 aliphatic rings. The van der Waals surface area contributed by atoms with E-state index >= 15 is 0 Å². The van der Waals surface area contributed by atoms with Crippen LogP contribution in [0.5, 0.6) is 5.75 Å². The Kier molecular flexibility index (Phi) is 6.00. The molecule has 0 atom stereocenters. The first-order chi connectivity index (χ1) is 16.4. The average molecular weight is 495 g/mol. The van der Waals surface area contributed by atoms with Gasteiger partial charge in [0.2, 0.25) is 0 Å². The van der Waals surface area contributed by atoms with Crippen LogP contribution in [0.3, 0.4) is 0 Å². The number of carbonyl (C=O) groups excluding carboxylic acids is 1. The van der Waals surface area contributed by atoms with Gasteiger partial charge in [-0.3, -0.25) is 9.59 Å². The van der Waals surface area contributed by atoms with Crippen LogP contribution in [0, 0.1) is 11.3 Å². The third kappa shape index (κ3) is 4.77. The molecule has 2 aromatic heterocycles. The summed E-state index contributed by atoms with van der Waals surface area (Å²) in [6, 6.07) is 12.0. The second-order valence-electron chi connectivity index (χ2n) is 8.88. The van der Waals surface area contributed by atoms with Crippen LogP contribution in [0.15, 0.2) is 41.2 Å². The largest absolute Gasteiger partial charge is 0.490 e. The zero-order valence-corrected chi connectivity index (χ0v) is 20.2. The summed E-state index contributed by atoms with van der Waals surface area (Å²) in [5.41, 5.74) is 1.84. The molecule has 1 aromatic carbocycles. The molecule has 2 fully saturated rings. The Hall–Kier alpha value is -3.02. The van der Waals surface area contributed by atoms with E-state index in [0.717, 1.165) is 23.7 Å². The highest BCUT2D eigenvalue weighted by Crippen LogP contribution is 2.55. The predicted molar refractivity (Wildman–Crippen MR) is 132 cm³/mol. The molecule has 3 aromatic rings. The van der Waals surface area contributed by atoms with Crippen molar-refractivity contribution < 1.29 is 9.53 Å². The number of rotatable bonds is 8. The normalized spacial score (nSPS) is 16.1. The molecule has 0 aliphatic heterocycles. The summed E-state index contributed by atoms with van der Waals surface area (Å²) in [6.07, 6.45) is 4.82. The maximum Gasteiger partial charge on any atom is 0.263 e. The number of aromatic nitrogens is 2. The fraction of sp³-hybridized carbons (Fsp3) is 0.360. The van der Waals surface area contributed by atoms with Crippen molar-refractivity contribution in [1.82, 2.24) is 14.9 Å². The Morgan fingerprint density at radius 3 is 2.71 bits per heavy atom. The zero-order valence-electron chi connectivity index (χ0n) is 18.6. The number of thioether (sulfide) groups is 1. The molecule has 1 N–H and O–H groups in total. The second-order valence-corrected chi connectivity index (χ2v) is 11.0. The number of hydrogen-bond donors (Lipinski definition) is 1. The van der Waals surface area contributed by atoms with Crippen LogP contribution in [0.4, 0.5) is 0 Å². The van der Waals surface area contributed by atoms with Gasteiger partial charge in [0.15, 0.2) is 0 Å². The van der Waals surface area contributed by atoms with Crippen LogP contribution in [0.1, 0.15) is 47.2 Å². The van der Waals surface area contributed by atoms with E-state index in [4.69, 9.17) is 21.6 Å². The van der Waals surface area contributed by atoms with Crippen molar-refractivity contribution in [3.63, 3.8) is 0 Å². The summed E-state index contributed by atoms with van der Waals surface area (Å²) in [6.45, 7) is 0.786. The molecule has 0 radical (unpaired) electrons. The molecule has 0 unspecified atom stereocenters. The van der Waals surface area contributed by atoms with Gasteiger partial charge in [0.25, 0.3) is 11.5 Å². The number of hydrogen-bond acceptors (Lipinski definition) is 6. The number of nitrogens with one attached hydrogen (secondary N) is 1. The highest BCUT2D eigenvalue weighted by atomic mass is 35.5. The number of halogens is 1. The van der Waals surface area contributed by atoms with Gasteiger partial charge in [0.1, 0.15) is 28.6 Å². The fourth-order valence-electron chi connectivity index (χ4n) is 3.85. The number of nitriles is 1. The molecule has 5 rings (SSSR count). The second kappa shape index (κ2) is 8.97. The smallest absolute Gasteiger partial charge is 0.263 e. The van der Waals surface area contributed by atoms with Gasteiger partial charge in [0, 0.05) is 24.9 Å². The van der Waals surface area contributed by atoms with E-state index in [1.54, 1.807) is 37.4 Å². The first-order valence-corrected chi connectivity index (χ1v) is 12.4. The Balaban J connectivity index is 1.38. The maximum absolute atomic E-state index is 13.1. The van der Waals surface area contributed by atoms with Crippen molar-refractivity contribution in [1.29, 1.82) is 5.26 Å². The summed E-state index contributed by atoms with van der Waals surface area (Å²) in [5.74, 6) is -0.00400. The van der Waals surface area contributed by atoms with E-state index in [1.165, 1.54) is 23.5 Å². The molecular formula is C25H23ClN4O3S. The highest BCUT2D eigenvalue weighted by Gasteiger charge is 2.48. The van der Waals surface area contributed by atoms with Gasteiger partial charge in [-0.05, 0) is 49.4 Å². The summed E-state index contributed by atoms with van der Waals surface area (Å²) in [5, 5.41) is 12.7. The summed E-state index contributed by atoms with van der Waals surface area (Å²) in [7, 11) is 1.61. The maximum atomic E-state index is 13.1. The number of pyridine rings is 2. The van der Waals surface area contributed by atoms with Crippen LogP contribution in [0.25, 0.3) is 11.0 Å². The fourth-order valence-corrected chi connectivity index (χ4v) is 5.59. The number of fused-ring (bicyclic) bond motifs is 1. The number of aryl methyl sites for hydroxylation is 1. The Labute approximate surface area is 206 Å². The van der Waals surface area contributed by atoms with Crippen molar-refractivity contribution in [2.45, 2.75) is 42.2 Å². The van der Waals surface area contributed by atoms with Crippen LogP contribution in [0.2, 0.25) is 5.15 Å². The molecule has 1 amide bonds. The average Bonchev–Trinajstić information content (AvgIpc) is 3.77. The van der Waals surface area contributed by atoms with Gasteiger partial charge >= 0.3 is 0 Å². The van der Waals surface area contributed by atoms with E-state index in [2.05, 4.69) is 16.4 Å². The lowest BCUT2D eigenvalue weighted by Gasteiger charge is -2.18. The lowest BCUT2D eigenvalue weighted by atomic mass is 10.1. The van der Waals surface area contributed by atoms with Crippen molar-refractivity contribution in [2.24, 2.45) is 7.05 Å². The molecule has 0 saturated heterocycles. The summed E-state index contributed by atoms with van der Waals surface area (Å²) in [4.78, 5) is 30.2. The van der Waals surface area contributed by atoms with E-state index in [-0.39, 0.29) is 22.0 Å². The minimum absolute atomic E-state index is 0.0210. The quantitative estimate of drug-likeness (QED) is 0.471. The minimum atomic E-state index is -0.506. The zero-order chi connectivity index (χ0) is 23.9. The lowest BCUT2D eigenvalue weighted by molar-refractivity contribution is 0.0949. The molecule has 0 bridgehead atoms. The van der Waals surface area contributed by atoms with Crippen LogP contribution in [-0.2, 0) is 13.6 Å². The molecule has 7 nitrogen and oxygen atoms in total.